The summed E-state index contributed by atoms with van der Waals surface area (Å²) < 4.78 is 33.0. The van der Waals surface area contributed by atoms with Crippen molar-refractivity contribution in [3.05, 3.63) is 45.9 Å². The lowest BCUT2D eigenvalue weighted by Crippen LogP contribution is -2.02. The molecule has 2 rings (SSSR count). The van der Waals surface area contributed by atoms with Gasteiger partial charge in [0.2, 0.25) is 0 Å². The first-order valence-corrected chi connectivity index (χ1v) is 6.76. The Morgan fingerprint density at radius 3 is 2.55 bits per heavy atom. The fourth-order valence-corrected chi connectivity index (χ4v) is 2.08. The molecule has 0 aliphatic heterocycles. The van der Waals surface area contributed by atoms with E-state index in [4.69, 9.17) is 10.5 Å². The van der Waals surface area contributed by atoms with Crippen LogP contribution in [0.15, 0.2) is 28.7 Å². The van der Waals surface area contributed by atoms with Gasteiger partial charge in [-0.1, -0.05) is 29.8 Å². The Morgan fingerprint density at radius 1 is 1.20 bits per heavy atom. The minimum Gasteiger partial charge on any atom is -0.436 e. The highest BCUT2D eigenvalue weighted by Gasteiger charge is 2.15. The molecule has 0 saturated carbocycles. The standard InChI is InChI=1S/C14H13BrF2N2O/c1-7(2)9-5-8(15)3-4-12(9)20-14-11(17)6-10(16)13(18)19-14/h3-7H,1-2H3,(H2,18,19). The topological polar surface area (TPSA) is 48.1 Å². The number of benzene rings is 1. The zero-order chi connectivity index (χ0) is 14.9. The number of rotatable bonds is 3. The maximum absolute atomic E-state index is 13.6. The van der Waals surface area contributed by atoms with E-state index < -0.39 is 17.5 Å². The number of nitrogens with two attached hydrogens (primary N) is 1. The highest BCUT2D eigenvalue weighted by atomic mass is 79.9. The van der Waals surface area contributed by atoms with Crippen molar-refractivity contribution < 1.29 is 13.5 Å². The van der Waals surface area contributed by atoms with Gasteiger partial charge < -0.3 is 10.5 Å². The fraction of sp³-hybridized carbons (Fsp3) is 0.214. The van der Waals surface area contributed by atoms with Crippen molar-refractivity contribution >= 4 is 21.7 Å². The summed E-state index contributed by atoms with van der Waals surface area (Å²) in [7, 11) is 0. The highest BCUT2D eigenvalue weighted by molar-refractivity contribution is 9.10. The molecule has 0 spiro atoms. The number of aromatic nitrogens is 1. The number of nitrogens with zero attached hydrogens (tertiary/aromatic N) is 1. The third-order valence-corrected chi connectivity index (χ3v) is 3.22. The van der Waals surface area contributed by atoms with Crippen molar-refractivity contribution in [1.82, 2.24) is 4.98 Å². The summed E-state index contributed by atoms with van der Waals surface area (Å²) in [5.74, 6) is -1.91. The van der Waals surface area contributed by atoms with Crippen LogP contribution in [-0.2, 0) is 0 Å². The molecule has 0 aliphatic carbocycles. The van der Waals surface area contributed by atoms with E-state index in [0.717, 1.165) is 10.0 Å². The largest absolute Gasteiger partial charge is 0.436 e. The van der Waals surface area contributed by atoms with Gasteiger partial charge in [-0.3, -0.25) is 0 Å². The number of pyridine rings is 1. The summed E-state index contributed by atoms with van der Waals surface area (Å²) in [6.07, 6.45) is 0. The Morgan fingerprint density at radius 2 is 1.90 bits per heavy atom. The Balaban J connectivity index is 2.42. The summed E-state index contributed by atoms with van der Waals surface area (Å²) in [5, 5.41) is 0. The molecule has 0 bridgehead atoms. The van der Waals surface area contributed by atoms with E-state index in [9.17, 15) is 8.78 Å². The van der Waals surface area contributed by atoms with Crippen molar-refractivity contribution in [2.75, 3.05) is 5.73 Å². The summed E-state index contributed by atoms with van der Waals surface area (Å²) >= 11 is 3.37. The lowest BCUT2D eigenvalue weighted by atomic mass is 10.0. The second kappa shape index (κ2) is 5.75. The average molecular weight is 343 g/mol. The summed E-state index contributed by atoms with van der Waals surface area (Å²) in [6.45, 7) is 3.97. The summed E-state index contributed by atoms with van der Waals surface area (Å²) in [5.41, 5.74) is 6.20. The molecule has 1 aromatic heterocycles. The van der Waals surface area contributed by atoms with Crippen LogP contribution in [0.4, 0.5) is 14.6 Å². The summed E-state index contributed by atoms with van der Waals surface area (Å²) in [4.78, 5) is 3.58. The lowest BCUT2D eigenvalue weighted by molar-refractivity contribution is 0.412. The molecule has 0 amide bonds. The molecule has 0 fully saturated rings. The lowest BCUT2D eigenvalue weighted by Gasteiger charge is -2.14. The first-order valence-electron chi connectivity index (χ1n) is 5.97. The predicted molar refractivity (Wildman–Crippen MR) is 76.9 cm³/mol. The Hall–Kier alpha value is -1.69. The molecule has 106 valence electrons. The molecular weight excluding hydrogens is 330 g/mol. The van der Waals surface area contributed by atoms with Crippen LogP contribution in [0.2, 0.25) is 0 Å². The van der Waals surface area contributed by atoms with Crippen LogP contribution >= 0.6 is 15.9 Å². The molecule has 0 atom stereocenters. The molecule has 0 aliphatic rings. The van der Waals surface area contributed by atoms with Crippen molar-refractivity contribution in [1.29, 1.82) is 0 Å². The Kier molecular flexibility index (Phi) is 4.23. The van der Waals surface area contributed by atoms with Gasteiger partial charge in [-0.05, 0) is 29.7 Å². The van der Waals surface area contributed by atoms with E-state index in [2.05, 4.69) is 20.9 Å². The van der Waals surface area contributed by atoms with Crippen LogP contribution in [0.1, 0.15) is 25.3 Å². The molecule has 1 aromatic carbocycles. The van der Waals surface area contributed by atoms with Gasteiger partial charge in [0.25, 0.3) is 5.88 Å². The van der Waals surface area contributed by atoms with Gasteiger partial charge in [0.1, 0.15) is 5.75 Å². The van der Waals surface area contributed by atoms with Crippen molar-refractivity contribution in [3.63, 3.8) is 0 Å². The van der Waals surface area contributed by atoms with Crippen LogP contribution in [0.5, 0.6) is 11.6 Å². The Labute approximate surface area is 123 Å². The summed E-state index contributed by atoms with van der Waals surface area (Å²) in [6, 6.07) is 6.00. The molecule has 0 saturated heterocycles. The van der Waals surface area contributed by atoms with Gasteiger partial charge in [-0.2, -0.15) is 4.98 Å². The minimum absolute atomic E-state index is 0.170. The zero-order valence-electron chi connectivity index (χ0n) is 11.0. The number of halogens is 3. The third kappa shape index (κ3) is 3.07. The normalized spacial score (nSPS) is 10.9. The third-order valence-electron chi connectivity index (χ3n) is 2.72. The monoisotopic (exact) mass is 342 g/mol. The van der Waals surface area contributed by atoms with Crippen LogP contribution in [-0.4, -0.2) is 4.98 Å². The molecule has 1 heterocycles. The second-order valence-corrected chi connectivity index (χ2v) is 5.50. The first-order chi connectivity index (χ1) is 9.38. The molecule has 2 N–H and O–H groups in total. The van der Waals surface area contributed by atoms with Gasteiger partial charge in [-0.25, -0.2) is 8.78 Å². The van der Waals surface area contributed by atoms with Gasteiger partial charge >= 0.3 is 0 Å². The number of nitrogen functional groups attached to an aromatic ring is 1. The fourth-order valence-electron chi connectivity index (χ4n) is 1.70. The molecule has 20 heavy (non-hydrogen) atoms. The molecular formula is C14H13BrF2N2O. The highest BCUT2D eigenvalue weighted by Crippen LogP contribution is 2.33. The van der Waals surface area contributed by atoms with Crippen LogP contribution in [0, 0.1) is 11.6 Å². The van der Waals surface area contributed by atoms with E-state index in [-0.39, 0.29) is 11.8 Å². The number of ether oxygens (including phenoxy) is 1. The minimum atomic E-state index is -0.908. The van der Waals surface area contributed by atoms with E-state index in [1.165, 1.54) is 0 Å². The zero-order valence-corrected chi connectivity index (χ0v) is 12.5. The first kappa shape index (κ1) is 14.7. The molecule has 2 aromatic rings. The smallest absolute Gasteiger partial charge is 0.258 e. The van der Waals surface area contributed by atoms with Crippen molar-refractivity contribution in [3.8, 4) is 11.6 Å². The van der Waals surface area contributed by atoms with Gasteiger partial charge in [-0.15, -0.1) is 0 Å². The average Bonchev–Trinajstić information content (AvgIpc) is 2.37. The van der Waals surface area contributed by atoms with Gasteiger partial charge in [0.15, 0.2) is 17.5 Å². The van der Waals surface area contributed by atoms with E-state index >= 15 is 0 Å². The second-order valence-electron chi connectivity index (χ2n) is 4.58. The predicted octanol–water partition coefficient (Wildman–Crippen LogP) is 4.62. The molecule has 0 radical (unpaired) electrons. The van der Waals surface area contributed by atoms with E-state index in [1.807, 2.05) is 19.9 Å². The van der Waals surface area contributed by atoms with E-state index in [0.29, 0.717) is 11.8 Å². The SMILES string of the molecule is CC(C)c1cc(Br)ccc1Oc1nc(N)c(F)cc1F. The maximum Gasteiger partial charge on any atom is 0.258 e. The van der Waals surface area contributed by atoms with E-state index in [1.54, 1.807) is 12.1 Å². The quantitative estimate of drug-likeness (QED) is 0.885. The molecule has 6 heteroatoms. The number of hydrogen-bond acceptors (Lipinski definition) is 3. The van der Waals surface area contributed by atoms with Gasteiger partial charge in [0, 0.05) is 10.5 Å². The van der Waals surface area contributed by atoms with Crippen LogP contribution < -0.4 is 10.5 Å². The van der Waals surface area contributed by atoms with Crippen LogP contribution in [0.3, 0.4) is 0 Å². The van der Waals surface area contributed by atoms with Crippen molar-refractivity contribution in [2.24, 2.45) is 0 Å². The van der Waals surface area contributed by atoms with Gasteiger partial charge in [0.05, 0.1) is 0 Å². The number of anilines is 1. The maximum atomic E-state index is 13.6. The number of hydrogen-bond donors (Lipinski definition) is 1. The molecule has 3 nitrogen and oxygen atoms in total. The van der Waals surface area contributed by atoms with Crippen molar-refractivity contribution in [2.45, 2.75) is 19.8 Å². The Bertz CT molecular complexity index is 647. The van der Waals surface area contributed by atoms with Crippen LogP contribution in [0.25, 0.3) is 0 Å². The molecule has 0 unspecified atom stereocenters.